The third kappa shape index (κ3) is 3.58. The van der Waals surface area contributed by atoms with Gasteiger partial charge in [-0.15, -0.1) is 0 Å². The maximum atomic E-state index is 12.4. The largest absolute Gasteiger partial charge is 0.352 e. The summed E-state index contributed by atoms with van der Waals surface area (Å²) >= 11 is 0. The van der Waals surface area contributed by atoms with Gasteiger partial charge in [0.05, 0.1) is 6.54 Å². The molecule has 136 valence electrons. The van der Waals surface area contributed by atoms with Gasteiger partial charge in [0, 0.05) is 24.7 Å². The molecule has 2 fully saturated rings. The van der Waals surface area contributed by atoms with Crippen LogP contribution in [-0.2, 0) is 17.9 Å². The number of hydrogen-bond donors (Lipinski definition) is 2. The molecule has 1 spiro atoms. The Kier molecular flexibility index (Phi) is 4.64. The van der Waals surface area contributed by atoms with Gasteiger partial charge in [-0.2, -0.15) is 0 Å². The second-order valence-electron chi connectivity index (χ2n) is 7.57. The van der Waals surface area contributed by atoms with Gasteiger partial charge in [-0.1, -0.05) is 30.3 Å². The molecule has 26 heavy (non-hydrogen) atoms. The molecule has 1 aromatic heterocycles. The number of aromatic nitrogens is 1. The van der Waals surface area contributed by atoms with Gasteiger partial charge in [0.15, 0.2) is 0 Å². The highest BCUT2D eigenvalue weighted by Gasteiger charge is 2.57. The van der Waals surface area contributed by atoms with Crippen LogP contribution in [0, 0.1) is 11.3 Å². The Hall–Kier alpha value is -2.40. The van der Waals surface area contributed by atoms with E-state index >= 15 is 0 Å². The molecule has 1 unspecified atom stereocenters. The molecule has 5 heteroatoms. The number of pyridine rings is 1. The van der Waals surface area contributed by atoms with Crippen molar-refractivity contribution in [2.24, 2.45) is 11.3 Å². The van der Waals surface area contributed by atoms with E-state index in [0.29, 0.717) is 13.1 Å². The van der Waals surface area contributed by atoms with Crippen LogP contribution in [0.15, 0.2) is 53.5 Å². The first-order valence-corrected chi connectivity index (χ1v) is 9.38. The monoisotopic (exact) mass is 351 g/mol. The van der Waals surface area contributed by atoms with E-state index in [-0.39, 0.29) is 22.8 Å². The fourth-order valence-electron chi connectivity index (χ4n) is 4.06. The van der Waals surface area contributed by atoms with E-state index in [1.54, 1.807) is 22.9 Å². The average Bonchev–Trinajstić information content (AvgIpc) is 3.36. The Bertz CT molecular complexity index is 835. The van der Waals surface area contributed by atoms with E-state index < -0.39 is 0 Å². The lowest BCUT2D eigenvalue weighted by molar-refractivity contribution is -0.123. The van der Waals surface area contributed by atoms with Crippen LogP contribution in [0.25, 0.3) is 0 Å². The number of rotatable bonds is 5. The topological polar surface area (TPSA) is 63.1 Å². The third-order valence-electron chi connectivity index (χ3n) is 5.85. The van der Waals surface area contributed by atoms with E-state index in [4.69, 9.17) is 0 Å². The van der Waals surface area contributed by atoms with Gasteiger partial charge in [-0.25, -0.2) is 0 Å². The molecule has 1 saturated carbocycles. The predicted octanol–water partition coefficient (Wildman–Crippen LogP) is 1.90. The Morgan fingerprint density at radius 2 is 1.85 bits per heavy atom. The zero-order valence-corrected chi connectivity index (χ0v) is 14.9. The quantitative estimate of drug-likeness (QED) is 0.865. The summed E-state index contributed by atoms with van der Waals surface area (Å²) < 4.78 is 1.68. The normalized spacial score (nSPS) is 20.7. The Morgan fingerprint density at radius 3 is 2.58 bits per heavy atom. The molecule has 1 aromatic carbocycles. The first-order valence-electron chi connectivity index (χ1n) is 9.38. The van der Waals surface area contributed by atoms with Crippen molar-refractivity contribution in [2.45, 2.75) is 32.4 Å². The summed E-state index contributed by atoms with van der Waals surface area (Å²) in [4.78, 5) is 24.2. The Morgan fingerprint density at radius 1 is 1.12 bits per heavy atom. The Labute approximate surface area is 153 Å². The van der Waals surface area contributed by atoms with Crippen LogP contribution in [0.5, 0.6) is 0 Å². The summed E-state index contributed by atoms with van der Waals surface area (Å²) in [6.45, 7) is 3.20. The summed E-state index contributed by atoms with van der Waals surface area (Å²) in [5.41, 5.74) is 2.44. The first kappa shape index (κ1) is 17.0. The highest BCUT2D eigenvalue weighted by atomic mass is 16.2. The van der Waals surface area contributed by atoms with Crippen molar-refractivity contribution in [1.29, 1.82) is 0 Å². The number of benzene rings is 1. The van der Waals surface area contributed by atoms with Crippen LogP contribution >= 0.6 is 0 Å². The molecule has 4 rings (SSSR count). The van der Waals surface area contributed by atoms with Crippen molar-refractivity contribution in [3.63, 3.8) is 0 Å². The van der Waals surface area contributed by atoms with Crippen LogP contribution < -0.4 is 16.2 Å². The number of hydrogen-bond acceptors (Lipinski definition) is 3. The molecule has 1 aliphatic heterocycles. The Balaban J connectivity index is 1.30. The highest BCUT2D eigenvalue weighted by Crippen LogP contribution is 2.58. The van der Waals surface area contributed by atoms with Crippen molar-refractivity contribution in [3.05, 3.63) is 70.1 Å². The lowest BCUT2D eigenvalue weighted by Gasteiger charge is -2.23. The van der Waals surface area contributed by atoms with Crippen LogP contribution in [-0.4, -0.2) is 23.6 Å². The van der Waals surface area contributed by atoms with Crippen LogP contribution in [0.2, 0.25) is 0 Å². The van der Waals surface area contributed by atoms with Crippen LogP contribution in [0.3, 0.4) is 0 Å². The van der Waals surface area contributed by atoms with Crippen molar-refractivity contribution >= 4 is 5.91 Å². The first-order chi connectivity index (χ1) is 12.7. The lowest BCUT2D eigenvalue weighted by Crippen LogP contribution is -2.33. The fourth-order valence-corrected chi connectivity index (χ4v) is 4.06. The maximum absolute atomic E-state index is 12.4. The highest BCUT2D eigenvalue weighted by molar-refractivity contribution is 5.82. The second kappa shape index (κ2) is 7.08. The molecule has 1 amide bonds. The van der Waals surface area contributed by atoms with Gasteiger partial charge in [0.1, 0.15) is 0 Å². The number of nitrogens with one attached hydrogen (secondary N) is 2. The van der Waals surface area contributed by atoms with Gasteiger partial charge in [0.2, 0.25) is 5.91 Å². The molecule has 2 aliphatic rings. The van der Waals surface area contributed by atoms with E-state index in [2.05, 4.69) is 10.6 Å². The molecular weight excluding hydrogens is 326 g/mol. The molecular formula is C21H25N3O2. The number of nitrogens with zero attached hydrogens (tertiary/aromatic N) is 1. The molecule has 5 nitrogen and oxygen atoms in total. The average molecular weight is 351 g/mol. The molecule has 1 aliphatic carbocycles. The second-order valence-corrected chi connectivity index (χ2v) is 7.57. The maximum Gasteiger partial charge on any atom is 0.250 e. The SMILES string of the molecule is O=C(NCc1ccc(Cn2ccccc2=O)cc1)C1CC12CCNCC2. The van der Waals surface area contributed by atoms with E-state index in [1.165, 1.54) is 0 Å². The molecule has 2 heterocycles. The van der Waals surface area contributed by atoms with Crippen molar-refractivity contribution in [1.82, 2.24) is 15.2 Å². The predicted molar refractivity (Wildman–Crippen MR) is 101 cm³/mol. The van der Waals surface area contributed by atoms with Gasteiger partial charge < -0.3 is 15.2 Å². The number of piperidine rings is 1. The molecule has 2 N–H and O–H groups in total. The minimum absolute atomic E-state index is 0.000107. The van der Waals surface area contributed by atoms with Crippen LogP contribution in [0.4, 0.5) is 0 Å². The standard InChI is InChI=1S/C21H25N3O2/c25-19-3-1-2-12-24(19)15-17-6-4-16(5-7-17)14-23-20(26)18-13-21(18)8-10-22-11-9-21/h1-7,12,18,22H,8-11,13-15H2,(H,23,26). The number of carbonyl (C=O) groups excluding carboxylic acids is 1. The zero-order chi connectivity index (χ0) is 18.0. The van der Waals surface area contributed by atoms with Crippen molar-refractivity contribution in [2.75, 3.05) is 13.1 Å². The van der Waals surface area contributed by atoms with Crippen molar-refractivity contribution < 1.29 is 4.79 Å². The fraction of sp³-hybridized carbons (Fsp3) is 0.429. The number of amides is 1. The minimum Gasteiger partial charge on any atom is -0.352 e. The van der Waals surface area contributed by atoms with Gasteiger partial charge >= 0.3 is 0 Å². The molecule has 2 aromatic rings. The van der Waals surface area contributed by atoms with E-state index in [1.807, 2.05) is 30.3 Å². The summed E-state index contributed by atoms with van der Waals surface area (Å²) in [6, 6.07) is 13.3. The van der Waals surface area contributed by atoms with E-state index in [0.717, 1.165) is 43.5 Å². The smallest absolute Gasteiger partial charge is 0.250 e. The zero-order valence-electron chi connectivity index (χ0n) is 14.9. The summed E-state index contributed by atoms with van der Waals surface area (Å²) in [5, 5.41) is 6.47. The van der Waals surface area contributed by atoms with Gasteiger partial charge in [-0.3, -0.25) is 9.59 Å². The molecule has 1 atom stereocenters. The van der Waals surface area contributed by atoms with Crippen molar-refractivity contribution in [3.8, 4) is 0 Å². The summed E-state index contributed by atoms with van der Waals surface area (Å²) in [5.74, 6) is 0.403. The summed E-state index contributed by atoms with van der Waals surface area (Å²) in [7, 11) is 0. The summed E-state index contributed by atoms with van der Waals surface area (Å²) in [6.07, 6.45) is 5.09. The number of carbonyl (C=O) groups is 1. The molecule has 0 radical (unpaired) electrons. The molecule has 1 saturated heterocycles. The van der Waals surface area contributed by atoms with Crippen LogP contribution in [0.1, 0.15) is 30.4 Å². The van der Waals surface area contributed by atoms with E-state index in [9.17, 15) is 9.59 Å². The third-order valence-corrected chi connectivity index (χ3v) is 5.85. The lowest BCUT2D eigenvalue weighted by atomic mass is 9.92. The van der Waals surface area contributed by atoms with Gasteiger partial charge in [0.25, 0.3) is 5.56 Å². The van der Waals surface area contributed by atoms with Gasteiger partial charge in [-0.05, 0) is 55.0 Å². The minimum atomic E-state index is 0.000107. The molecule has 0 bridgehead atoms.